The summed E-state index contributed by atoms with van der Waals surface area (Å²) >= 11 is 0. The van der Waals surface area contributed by atoms with E-state index in [0.717, 1.165) is 6.07 Å². The Morgan fingerprint density at radius 1 is 1.17 bits per heavy atom. The quantitative estimate of drug-likeness (QED) is 0.630. The van der Waals surface area contributed by atoms with Crippen LogP contribution in [0, 0.1) is 12.7 Å². The third-order valence-corrected chi connectivity index (χ3v) is 5.56. The maximum atomic E-state index is 13.3. The summed E-state index contributed by atoms with van der Waals surface area (Å²) < 4.78 is 84.3. The Labute approximate surface area is 171 Å². The first-order valence-corrected chi connectivity index (χ1v) is 10.3. The number of sulfonamides is 1. The van der Waals surface area contributed by atoms with Gasteiger partial charge in [0.2, 0.25) is 15.9 Å². The lowest BCUT2D eigenvalue weighted by Gasteiger charge is -2.16. The maximum absolute atomic E-state index is 13.3. The number of benzene rings is 2. The second-order valence-corrected chi connectivity index (χ2v) is 8.10. The molecular formula is C19H20F4N2O4S. The van der Waals surface area contributed by atoms with Crippen molar-refractivity contribution in [3.8, 4) is 5.75 Å². The molecule has 2 aromatic rings. The molecule has 0 bridgehead atoms. The molecule has 0 aliphatic heterocycles. The zero-order chi connectivity index (χ0) is 22.7. The summed E-state index contributed by atoms with van der Waals surface area (Å²) in [4.78, 5) is 12.1. The fourth-order valence-electron chi connectivity index (χ4n) is 2.53. The van der Waals surface area contributed by atoms with Crippen LogP contribution in [0.25, 0.3) is 0 Å². The number of alkyl halides is 3. The van der Waals surface area contributed by atoms with E-state index in [-0.39, 0.29) is 10.6 Å². The van der Waals surface area contributed by atoms with Gasteiger partial charge in [-0.2, -0.15) is 17.9 Å². The topological polar surface area (TPSA) is 84.5 Å². The highest BCUT2D eigenvalue weighted by Crippen LogP contribution is 2.33. The number of anilines is 1. The van der Waals surface area contributed by atoms with Gasteiger partial charge < -0.3 is 10.1 Å². The molecule has 0 aliphatic carbocycles. The molecule has 1 amide bonds. The zero-order valence-electron chi connectivity index (χ0n) is 16.3. The van der Waals surface area contributed by atoms with Crippen LogP contribution in [0.15, 0.2) is 41.3 Å². The van der Waals surface area contributed by atoms with E-state index in [2.05, 4.69) is 10.0 Å². The molecule has 0 spiro atoms. The second-order valence-electron chi connectivity index (χ2n) is 6.38. The molecule has 0 aromatic heterocycles. The van der Waals surface area contributed by atoms with Gasteiger partial charge in [-0.3, -0.25) is 4.79 Å². The molecule has 0 saturated carbocycles. The van der Waals surface area contributed by atoms with Crippen molar-refractivity contribution in [1.82, 2.24) is 4.72 Å². The van der Waals surface area contributed by atoms with Crippen molar-refractivity contribution < 1.29 is 35.5 Å². The minimum absolute atomic E-state index is 0.107. The van der Waals surface area contributed by atoms with Gasteiger partial charge in [0, 0.05) is 5.69 Å². The lowest BCUT2D eigenvalue weighted by atomic mass is 10.1. The van der Waals surface area contributed by atoms with Crippen molar-refractivity contribution >= 4 is 21.6 Å². The van der Waals surface area contributed by atoms with Gasteiger partial charge in [-0.1, -0.05) is 0 Å². The third kappa shape index (κ3) is 5.70. The molecular weight excluding hydrogens is 428 g/mol. The highest BCUT2D eigenvalue weighted by atomic mass is 32.2. The summed E-state index contributed by atoms with van der Waals surface area (Å²) in [6.45, 7) is 5.07. The molecule has 1 atom stereocenters. The molecule has 2 rings (SSSR count). The van der Waals surface area contributed by atoms with Gasteiger partial charge in [0.15, 0.2) is 0 Å². The average Bonchev–Trinajstić information content (AvgIpc) is 2.63. The van der Waals surface area contributed by atoms with E-state index >= 15 is 0 Å². The van der Waals surface area contributed by atoms with E-state index in [1.807, 2.05) is 0 Å². The lowest BCUT2D eigenvalue weighted by molar-refractivity contribution is -0.140. The summed E-state index contributed by atoms with van der Waals surface area (Å²) in [5, 5.41) is 2.14. The number of aryl methyl sites for hydroxylation is 1. The van der Waals surface area contributed by atoms with E-state index < -0.39 is 39.5 Å². The van der Waals surface area contributed by atoms with Gasteiger partial charge >= 0.3 is 6.18 Å². The second kappa shape index (κ2) is 9.00. The minimum Gasteiger partial charge on any atom is -0.494 e. The molecule has 1 unspecified atom stereocenters. The van der Waals surface area contributed by atoms with Crippen LogP contribution in [0.5, 0.6) is 5.75 Å². The number of carbonyl (C=O) groups excluding carboxylic acids is 1. The summed E-state index contributed by atoms with van der Waals surface area (Å²) in [7, 11) is -4.10. The van der Waals surface area contributed by atoms with Crippen LogP contribution in [0.3, 0.4) is 0 Å². The summed E-state index contributed by atoms with van der Waals surface area (Å²) in [6, 6.07) is 4.78. The van der Waals surface area contributed by atoms with Gasteiger partial charge in [0.25, 0.3) is 0 Å². The van der Waals surface area contributed by atoms with Crippen LogP contribution < -0.4 is 14.8 Å². The number of rotatable bonds is 7. The number of ether oxygens (including phenoxy) is 1. The predicted molar refractivity (Wildman–Crippen MR) is 102 cm³/mol. The maximum Gasteiger partial charge on any atom is 0.419 e. The van der Waals surface area contributed by atoms with Crippen LogP contribution in [0.4, 0.5) is 23.2 Å². The molecule has 11 heteroatoms. The van der Waals surface area contributed by atoms with Crippen LogP contribution in [0.1, 0.15) is 25.0 Å². The number of halogens is 4. The number of carbonyl (C=O) groups is 1. The largest absolute Gasteiger partial charge is 0.494 e. The number of hydrogen-bond acceptors (Lipinski definition) is 4. The van der Waals surface area contributed by atoms with Crippen LogP contribution in [0.2, 0.25) is 0 Å². The summed E-state index contributed by atoms with van der Waals surface area (Å²) in [5.74, 6) is -1.89. The summed E-state index contributed by atoms with van der Waals surface area (Å²) in [5.41, 5.74) is -1.29. The molecule has 0 saturated heterocycles. The standard InChI is InChI=1S/C19H20F4N2O4S/c1-4-29-17-8-6-14(9-11(17)2)30(27,28)25-12(3)18(26)24-13-5-7-16(20)15(10-13)19(21,22)23/h5-10,12,25H,4H2,1-3H3,(H,24,26). The van der Waals surface area contributed by atoms with Gasteiger partial charge in [0.1, 0.15) is 11.6 Å². The van der Waals surface area contributed by atoms with Crippen LogP contribution >= 0.6 is 0 Å². The Bertz CT molecular complexity index is 1040. The van der Waals surface area contributed by atoms with E-state index in [0.29, 0.717) is 30.1 Å². The average molecular weight is 448 g/mol. The lowest BCUT2D eigenvalue weighted by Crippen LogP contribution is -2.41. The first-order valence-electron chi connectivity index (χ1n) is 8.78. The Kier molecular flexibility index (Phi) is 7.09. The fraction of sp³-hybridized carbons (Fsp3) is 0.316. The van der Waals surface area contributed by atoms with Crippen molar-refractivity contribution in [3.63, 3.8) is 0 Å². The predicted octanol–water partition coefficient (Wildman–Crippen LogP) is 3.86. The molecule has 0 heterocycles. The smallest absolute Gasteiger partial charge is 0.419 e. The summed E-state index contributed by atoms with van der Waals surface area (Å²) in [6.07, 6.45) is -4.94. The number of nitrogens with one attached hydrogen (secondary N) is 2. The third-order valence-electron chi connectivity index (χ3n) is 4.02. The Morgan fingerprint density at radius 2 is 1.83 bits per heavy atom. The normalized spacial score (nSPS) is 13.0. The fourth-order valence-corrected chi connectivity index (χ4v) is 3.82. The van der Waals surface area contributed by atoms with Gasteiger partial charge in [-0.05, 0) is 62.7 Å². The Morgan fingerprint density at radius 3 is 2.40 bits per heavy atom. The van der Waals surface area contributed by atoms with Gasteiger partial charge in [-0.25, -0.2) is 12.8 Å². The number of hydrogen-bond donors (Lipinski definition) is 2. The van der Waals surface area contributed by atoms with Crippen molar-refractivity contribution in [2.75, 3.05) is 11.9 Å². The van der Waals surface area contributed by atoms with E-state index in [1.165, 1.54) is 25.1 Å². The first kappa shape index (κ1) is 23.6. The monoisotopic (exact) mass is 448 g/mol. The van der Waals surface area contributed by atoms with Crippen molar-refractivity contribution in [2.45, 2.75) is 37.9 Å². The molecule has 0 radical (unpaired) electrons. The minimum atomic E-state index is -4.94. The molecule has 164 valence electrons. The van der Waals surface area contributed by atoms with E-state index in [4.69, 9.17) is 4.74 Å². The highest BCUT2D eigenvalue weighted by molar-refractivity contribution is 7.89. The zero-order valence-corrected chi connectivity index (χ0v) is 17.1. The van der Waals surface area contributed by atoms with Gasteiger partial charge in [-0.15, -0.1) is 0 Å². The molecule has 2 N–H and O–H groups in total. The van der Waals surface area contributed by atoms with E-state index in [9.17, 15) is 30.8 Å². The first-order chi connectivity index (χ1) is 13.8. The SMILES string of the molecule is CCOc1ccc(S(=O)(=O)NC(C)C(=O)Nc2ccc(F)c(C(F)(F)F)c2)cc1C. The molecule has 6 nitrogen and oxygen atoms in total. The van der Waals surface area contributed by atoms with Crippen LogP contribution in [-0.2, 0) is 21.0 Å². The van der Waals surface area contributed by atoms with Crippen molar-refractivity contribution in [2.24, 2.45) is 0 Å². The molecule has 30 heavy (non-hydrogen) atoms. The highest BCUT2D eigenvalue weighted by Gasteiger charge is 2.34. The Balaban J connectivity index is 2.14. The van der Waals surface area contributed by atoms with E-state index in [1.54, 1.807) is 13.8 Å². The molecule has 0 fully saturated rings. The van der Waals surface area contributed by atoms with Crippen LogP contribution in [-0.4, -0.2) is 27.0 Å². The van der Waals surface area contributed by atoms with Gasteiger partial charge in [0.05, 0.1) is 23.1 Å². The molecule has 0 aliphatic rings. The van der Waals surface area contributed by atoms with Crippen molar-refractivity contribution in [1.29, 1.82) is 0 Å². The Hall–Kier alpha value is -2.66. The molecule has 2 aromatic carbocycles. The van der Waals surface area contributed by atoms with Crippen molar-refractivity contribution in [3.05, 3.63) is 53.3 Å². The number of amides is 1.